The number of carbonyl (C=O) groups excluding carboxylic acids is 1. The molecule has 0 radical (unpaired) electrons. The Kier molecular flexibility index (Phi) is 6.34. The fraction of sp³-hybridized carbons (Fsp3) is 0.391. The van der Waals surface area contributed by atoms with Gasteiger partial charge in [0.1, 0.15) is 5.82 Å². The van der Waals surface area contributed by atoms with Crippen molar-refractivity contribution < 1.29 is 13.2 Å². The molecule has 4 rings (SSSR count). The van der Waals surface area contributed by atoms with Crippen LogP contribution in [0.5, 0.6) is 0 Å². The molecule has 0 saturated heterocycles. The normalized spacial score (nSPS) is 17.5. The number of hydrogen-bond donors (Lipinski definition) is 2. The second kappa shape index (κ2) is 9.01. The van der Waals surface area contributed by atoms with Gasteiger partial charge in [-0.25, -0.2) is 13.4 Å². The number of amides is 1. The zero-order valence-electron chi connectivity index (χ0n) is 17.3. The van der Waals surface area contributed by atoms with Crippen molar-refractivity contribution in [2.24, 2.45) is 5.92 Å². The molecule has 0 unspecified atom stereocenters. The smallest absolute Gasteiger partial charge is 0.255 e. The first-order valence-electron chi connectivity index (χ1n) is 10.5. The van der Waals surface area contributed by atoms with Gasteiger partial charge >= 0.3 is 0 Å². The summed E-state index contributed by atoms with van der Waals surface area (Å²) in [5.74, 6) is 0.771. The van der Waals surface area contributed by atoms with E-state index in [9.17, 15) is 13.2 Å². The summed E-state index contributed by atoms with van der Waals surface area (Å²) in [6, 6.07) is 11.2. The lowest BCUT2D eigenvalue weighted by Gasteiger charge is -2.18. The highest BCUT2D eigenvalue weighted by atomic mass is 35.5. The molecule has 0 bridgehead atoms. The number of anilines is 1. The molecule has 6 nitrogen and oxygen atoms in total. The molecule has 8 heteroatoms. The second-order valence-corrected chi connectivity index (χ2v) is 10.7. The maximum Gasteiger partial charge on any atom is 0.255 e. The molecular weight excluding hydrogens is 434 g/mol. The van der Waals surface area contributed by atoms with Crippen LogP contribution in [-0.4, -0.2) is 31.6 Å². The molecule has 1 atom stereocenters. The molecule has 31 heavy (non-hydrogen) atoms. The molecule has 0 spiro atoms. The summed E-state index contributed by atoms with van der Waals surface area (Å²) in [6.07, 6.45) is 6.72. The van der Waals surface area contributed by atoms with Gasteiger partial charge in [-0.2, -0.15) is 0 Å². The zero-order valence-corrected chi connectivity index (χ0v) is 18.9. The topological polar surface area (TPSA) is 88.2 Å². The molecule has 2 aromatic rings. The molecule has 1 aromatic carbocycles. The van der Waals surface area contributed by atoms with Crippen LogP contribution in [0.2, 0.25) is 5.02 Å². The lowest BCUT2D eigenvalue weighted by molar-refractivity contribution is 0.0941. The molecule has 2 saturated carbocycles. The number of sulfone groups is 1. The van der Waals surface area contributed by atoms with Crippen LogP contribution in [0.4, 0.5) is 5.82 Å². The van der Waals surface area contributed by atoms with Crippen LogP contribution in [0.1, 0.15) is 53.2 Å². The minimum absolute atomic E-state index is 0.247. The lowest BCUT2D eigenvalue weighted by Crippen LogP contribution is -2.35. The molecule has 2 fully saturated rings. The van der Waals surface area contributed by atoms with Crippen LogP contribution in [-0.2, 0) is 16.4 Å². The Hall–Kier alpha value is -2.38. The summed E-state index contributed by atoms with van der Waals surface area (Å²) >= 11 is 6.47. The van der Waals surface area contributed by atoms with Crippen molar-refractivity contribution in [2.45, 2.75) is 44.2 Å². The number of pyridine rings is 1. The fourth-order valence-electron chi connectivity index (χ4n) is 3.47. The molecule has 2 aliphatic rings. The van der Waals surface area contributed by atoms with Crippen LogP contribution in [0, 0.1) is 5.92 Å². The van der Waals surface area contributed by atoms with Crippen molar-refractivity contribution in [1.29, 1.82) is 0 Å². The van der Waals surface area contributed by atoms with Gasteiger partial charge in [0.2, 0.25) is 0 Å². The van der Waals surface area contributed by atoms with E-state index in [1.165, 1.54) is 0 Å². The lowest BCUT2D eigenvalue weighted by atomic mass is 10.1. The molecule has 1 heterocycles. The molecule has 1 amide bonds. The van der Waals surface area contributed by atoms with Gasteiger partial charge in [0.25, 0.3) is 5.91 Å². The highest BCUT2D eigenvalue weighted by molar-refractivity contribution is 7.93. The summed E-state index contributed by atoms with van der Waals surface area (Å²) in [6.45, 7) is 0.528. The van der Waals surface area contributed by atoms with E-state index in [0.717, 1.165) is 48.6 Å². The predicted octanol–water partition coefficient (Wildman–Crippen LogP) is 4.29. The summed E-state index contributed by atoms with van der Waals surface area (Å²) in [4.78, 5) is 17.9. The summed E-state index contributed by atoms with van der Waals surface area (Å²) in [5.41, 5.74) is 2.26. The van der Waals surface area contributed by atoms with Gasteiger partial charge < -0.3 is 10.6 Å². The quantitative estimate of drug-likeness (QED) is 0.584. The number of carbonyl (C=O) groups is 1. The molecule has 1 aromatic heterocycles. The van der Waals surface area contributed by atoms with Crippen molar-refractivity contribution in [3.05, 3.63) is 69.7 Å². The van der Waals surface area contributed by atoms with Crippen molar-refractivity contribution in [3.8, 4) is 0 Å². The average molecular weight is 460 g/mol. The van der Waals surface area contributed by atoms with Gasteiger partial charge in [0.15, 0.2) is 9.84 Å². The zero-order chi connectivity index (χ0) is 22.0. The first kappa shape index (κ1) is 21.8. The Morgan fingerprint density at radius 1 is 1.23 bits per heavy atom. The van der Waals surface area contributed by atoms with Gasteiger partial charge in [-0.3, -0.25) is 4.79 Å². The number of hydrogen-bond acceptors (Lipinski definition) is 5. The summed E-state index contributed by atoms with van der Waals surface area (Å²) < 4.78 is 23.0. The van der Waals surface area contributed by atoms with E-state index in [4.69, 9.17) is 16.6 Å². The number of rotatable bonds is 9. The van der Waals surface area contributed by atoms with Crippen LogP contribution in [0.15, 0.2) is 47.9 Å². The van der Waals surface area contributed by atoms with Crippen molar-refractivity contribution in [3.63, 3.8) is 0 Å². The first-order chi connectivity index (χ1) is 14.8. The van der Waals surface area contributed by atoms with Crippen molar-refractivity contribution >= 4 is 33.2 Å². The maximum atomic E-state index is 13.2. The number of benzene rings is 1. The first-order valence-corrected chi connectivity index (χ1v) is 12.8. The van der Waals surface area contributed by atoms with E-state index in [-0.39, 0.29) is 17.9 Å². The fourth-order valence-corrected chi connectivity index (χ4v) is 4.23. The van der Waals surface area contributed by atoms with Gasteiger partial charge in [0.05, 0.1) is 22.3 Å². The SMILES string of the molecule is CS(=O)(=O)/C=C/[C@@H](NC(=O)c1cc(Cl)c(C2CC2)nc1NCc1ccccc1)C1CC1. The van der Waals surface area contributed by atoms with Crippen LogP contribution >= 0.6 is 11.6 Å². The third-order valence-electron chi connectivity index (χ3n) is 5.48. The van der Waals surface area contributed by atoms with Crippen LogP contribution < -0.4 is 10.6 Å². The van der Waals surface area contributed by atoms with Gasteiger partial charge in [-0.15, -0.1) is 0 Å². The number of halogens is 1. The highest BCUT2D eigenvalue weighted by Gasteiger charge is 2.33. The van der Waals surface area contributed by atoms with E-state index in [0.29, 0.717) is 28.9 Å². The van der Waals surface area contributed by atoms with Gasteiger partial charge in [-0.05, 0) is 43.2 Å². The standard InChI is InChI=1S/C23H26ClN3O3S/c1-31(29,30)12-11-20(16-7-8-16)26-23(28)18-13-19(24)21(17-9-10-17)27-22(18)25-14-15-5-3-2-4-6-15/h2-6,11-13,16-17,20H,7-10,14H2,1H3,(H,25,27)(H,26,28)/b12-11+/t20-/m1/s1. The van der Waals surface area contributed by atoms with E-state index in [2.05, 4.69) is 10.6 Å². The molecule has 164 valence electrons. The van der Waals surface area contributed by atoms with E-state index in [1.807, 2.05) is 30.3 Å². The Morgan fingerprint density at radius 3 is 2.55 bits per heavy atom. The minimum Gasteiger partial charge on any atom is -0.365 e. The Morgan fingerprint density at radius 2 is 1.94 bits per heavy atom. The maximum absolute atomic E-state index is 13.2. The van der Waals surface area contributed by atoms with Crippen LogP contribution in [0.25, 0.3) is 0 Å². The monoisotopic (exact) mass is 459 g/mol. The third-order valence-corrected chi connectivity index (χ3v) is 6.43. The van der Waals surface area contributed by atoms with Crippen LogP contribution in [0.3, 0.4) is 0 Å². The molecule has 2 N–H and O–H groups in total. The van der Waals surface area contributed by atoms with E-state index in [1.54, 1.807) is 12.1 Å². The molecular formula is C23H26ClN3O3S. The number of nitrogens with one attached hydrogen (secondary N) is 2. The van der Waals surface area contributed by atoms with E-state index >= 15 is 0 Å². The molecule has 2 aliphatic carbocycles. The average Bonchev–Trinajstić information content (AvgIpc) is 3.62. The molecule has 0 aliphatic heterocycles. The minimum atomic E-state index is -3.27. The van der Waals surface area contributed by atoms with Crippen molar-refractivity contribution in [1.82, 2.24) is 10.3 Å². The summed E-state index contributed by atoms with van der Waals surface area (Å²) in [7, 11) is -3.27. The van der Waals surface area contributed by atoms with E-state index < -0.39 is 9.84 Å². The predicted molar refractivity (Wildman–Crippen MR) is 123 cm³/mol. The number of nitrogens with zero attached hydrogens (tertiary/aromatic N) is 1. The Labute approximate surface area is 188 Å². The summed E-state index contributed by atoms with van der Waals surface area (Å²) in [5, 5.41) is 7.91. The Balaban J connectivity index is 1.58. The van der Waals surface area contributed by atoms with Gasteiger partial charge in [-0.1, -0.05) is 48.0 Å². The highest BCUT2D eigenvalue weighted by Crippen LogP contribution is 2.43. The van der Waals surface area contributed by atoms with Gasteiger partial charge in [0, 0.05) is 24.1 Å². The third kappa shape index (κ3) is 6.08. The second-order valence-electron chi connectivity index (χ2n) is 8.36. The number of aromatic nitrogens is 1. The largest absolute Gasteiger partial charge is 0.365 e. The Bertz CT molecular complexity index is 1090. The van der Waals surface area contributed by atoms with Crippen molar-refractivity contribution in [2.75, 3.05) is 11.6 Å².